The van der Waals surface area contributed by atoms with E-state index >= 15 is 0 Å². The largest absolute Gasteiger partial charge is 0.394 e. The zero-order valence-corrected chi connectivity index (χ0v) is 12.8. The molecule has 1 aromatic rings. The molecule has 0 spiro atoms. The van der Waals surface area contributed by atoms with Gasteiger partial charge in [-0.15, -0.1) is 0 Å². The molecule has 1 aromatic carbocycles. The molecule has 1 fully saturated rings. The Morgan fingerprint density at radius 3 is 2.33 bits per heavy atom. The van der Waals surface area contributed by atoms with Crippen molar-refractivity contribution in [1.29, 1.82) is 0 Å². The number of aliphatic hydroxyl groups excluding tert-OH is 1. The third-order valence-electron chi connectivity index (χ3n) is 4.37. The van der Waals surface area contributed by atoms with Crippen LogP contribution in [0, 0.1) is 5.92 Å². The van der Waals surface area contributed by atoms with E-state index in [2.05, 4.69) is 5.32 Å². The van der Waals surface area contributed by atoms with Crippen molar-refractivity contribution in [3.63, 3.8) is 0 Å². The lowest BCUT2D eigenvalue weighted by molar-refractivity contribution is -0.126. The van der Waals surface area contributed by atoms with Gasteiger partial charge in [0.25, 0.3) is 0 Å². The van der Waals surface area contributed by atoms with Gasteiger partial charge in [0.1, 0.15) is 0 Å². The second kappa shape index (κ2) is 8.83. The molecule has 1 amide bonds. The molecule has 0 saturated heterocycles. The van der Waals surface area contributed by atoms with Crippen molar-refractivity contribution in [2.24, 2.45) is 5.92 Å². The monoisotopic (exact) mass is 289 g/mol. The van der Waals surface area contributed by atoms with Crippen LogP contribution in [-0.2, 0) is 11.2 Å². The normalized spacial score (nSPS) is 18.5. The second-order valence-corrected chi connectivity index (χ2v) is 6.12. The summed E-state index contributed by atoms with van der Waals surface area (Å²) >= 11 is 0. The first-order valence-corrected chi connectivity index (χ1v) is 8.24. The highest BCUT2D eigenvalue weighted by molar-refractivity contribution is 5.79. The van der Waals surface area contributed by atoms with Crippen LogP contribution >= 0.6 is 0 Å². The van der Waals surface area contributed by atoms with Crippen molar-refractivity contribution in [2.45, 2.75) is 57.4 Å². The van der Waals surface area contributed by atoms with Gasteiger partial charge in [-0.05, 0) is 24.8 Å². The van der Waals surface area contributed by atoms with Crippen molar-refractivity contribution in [3.05, 3.63) is 35.9 Å². The maximum absolute atomic E-state index is 12.4. The first kappa shape index (κ1) is 16.0. The summed E-state index contributed by atoms with van der Waals surface area (Å²) in [5, 5.41) is 12.6. The smallest absolute Gasteiger partial charge is 0.223 e. The number of rotatable bonds is 5. The van der Waals surface area contributed by atoms with Crippen molar-refractivity contribution in [3.8, 4) is 0 Å². The summed E-state index contributed by atoms with van der Waals surface area (Å²) in [6.45, 7) is -0.00659. The topological polar surface area (TPSA) is 49.3 Å². The standard InChI is InChI=1S/C18H27NO2/c20-14-17(13-15-9-5-4-6-10-15)19-18(21)16-11-7-2-1-3-8-12-16/h4-6,9-10,16-17,20H,1-3,7-8,11-14H2,(H,19,21). The van der Waals surface area contributed by atoms with E-state index in [1.807, 2.05) is 30.3 Å². The Balaban J connectivity index is 1.86. The van der Waals surface area contributed by atoms with Gasteiger partial charge in [-0.3, -0.25) is 4.79 Å². The Labute approximate surface area is 127 Å². The minimum atomic E-state index is -0.176. The molecule has 1 atom stereocenters. The van der Waals surface area contributed by atoms with Crippen LogP contribution in [0.25, 0.3) is 0 Å². The molecule has 2 rings (SSSR count). The lowest BCUT2D eigenvalue weighted by Gasteiger charge is -2.23. The highest BCUT2D eigenvalue weighted by Gasteiger charge is 2.21. The van der Waals surface area contributed by atoms with Crippen molar-refractivity contribution in [1.82, 2.24) is 5.32 Å². The molecule has 0 bridgehead atoms. The number of carbonyl (C=O) groups is 1. The third kappa shape index (κ3) is 5.50. The molecule has 0 radical (unpaired) electrons. The molecule has 0 aliphatic heterocycles. The summed E-state index contributed by atoms with van der Waals surface area (Å²) < 4.78 is 0. The van der Waals surface area contributed by atoms with E-state index < -0.39 is 0 Å². The number of aliphatic hydroxyl groups is 1. The fraction of sp³-hybridized carbons (Fsp3) is 0.611. The molecular weight excluding hydrogens is 262 g/mol. The van der Waals surface area contributed by atoms with Crippen LogP contribution in [0.3, 0.4) is 0 Å². The van der Waals surface area contributed by atoms with Gasteiger partial charge in [0.05, 0.1) is 12.6 Å². The first-order chi connectivity index (χ1) is 10.3. The van der Waals surface area contributed by atoms with Gasteiger partial charge >= 0.3 is 0 Å². The average Bonchev–Trinajstić information content (AvgIpc) is 2.47. The molecule has 0 aromatic heterocycles. The molecule has 2 N–H and O–H groups in total. The molecule has 21 heavy (non-hydrogen) atoms. The van der Waals surface area contributed by atoms with Gasteiger partial charge in [-0.1, -0.05) is 62.4 Å². The summed E-state index contributed by atoms with van der Waals surface area (Å²) in [6.07, 6.45) is 8.79. The summed E-state index contributed by atoms with van der Waals surface area (Å²) in [4.78, 5) is 12.4. The number of nitrogens with one attached hydrogen (secondary N) is 1. The van der Waals surface area contributed by atoms with Gasteiger partial charge in [-0.25, -0.2) is 0 Å². The van der Waals surface area contributed by atoms with Crippen LogP contribution < -0.4 is 5.32 Å². The van der Waals surface area contributed by atoms with E-state index in [9.17, 15) is 9.90 Å². The molecule has 0 heterocycles. The summed E-state index contributed by atoms with van der Waals surface area (Å²) in [6, 6.07) is 9.84. The SMILES string of the molecule is O=C(NC(CO)Cc1ccccc1)C1CCCCCCC1. The lowest BCUT2D eigenvalue weighted by Crippen LogP contribution is -2.42. The van der Waals surface area contributed by atoms with E-state index in [0.29, 0.717) is 6.42 Å². The third-order valence-corrected chi connectivity index (χ3v) is 4.37. The average molecular weight is 289 g/mol. The Hall–Kier alpha value is -1.35. The maximum atomic E-state index is 12.4. The minimum Gasteiger partial charge on any atom is -0.394 e. The Morgan fingerprint density at radius 2 is 1.71 bits per heavy atom. The number of hydrogen-bond acceptors (Lipinski definition) is 2. The van der Waals surface area contributed by atoms with Gasteiger partial charge in [-0.2, -0.15) is 0 Å². The van der Waals surface area contributed by atoms with E-state index in [0.717, 1.165) is 31.2 Å². The van der Waals surface area contributed by atoms with Gasteiger partial charge in [0.15, 0.2) is 0 Å². The van der Waals surface area contributed by atoms with Crippen LogP contribution in [0.5, 0.6) is 0 Å². The van der Waals surface area contributed by atoms with Crippen molar-refractivity contribution >= 4 is 5.91 Å². The number of benzene rings is 1. The van der Waals surface area contributed by atoms with Crippen molar-refractivity contribution < 1.29 is 9.90 Å². The molecule has 3 heteroatoms. The summed E-state index contributed by atoms with van der Waals surface area (Å²) in [5.74, 6) is 0.266. The molecular formula is C18H27NO2. The molecule has 1 unspecified atom stereocenters. The Bertz CT molecular complexity index is 410. The summed E-state index contributed by atoms with van der Waals surface area (Å²) in [7, 11) is 0. The van der Waals surface area contributed by atoms with E-state index in [1.54, 1.807) is 0 Å². The highest BCUT2D eigenvalue weighted by atomic mass is 16.3. The van der Waals surface area contributed by atoms with Crippen LogP contribution in [0.4, 0.5) is 0 Å². The van der Waals surface area contributed by atoms with Gasteiger partial charge in [0.2, 0.25) is 5.91 Å². The van der Waals surface area contributed by atoms with Gasteiger partial charge in [0, 0.05) is 5.92 Å². The van der Waals surface area contributed by atoms with E-state index in [1.165, 1.54) is 19.3 Å². The fourth-order valence-electron chi connectivity index (χ4n) is 3.10. The van der Waals surface area contributed by atoms with Gasteiger partial charge < -0.3 is 10.4 Å². The van der Waals surface area contributed by atoms with E-state index in [-0.39, 0.29) is 24.5 Å². The Morgan fingerprint density at radius 1 is 1.10 bits per heavy atom. The molecule has 3 nitrogen and oxygen atoms in total. The predicted octanol–water partition coefficient (Wildman–Crippen LogP) is 3.07. The minimum absolute atomic E-state index is 0.00659. The molecule has 1 saturated carbocycles. The first-order valence-electron chi connectivity index (χ1n) is 8.24. The number of amides is 1. The second-order valence-electron chi connectivity index (χ2n) is 6.12. The maximum Gasteiger partial charge on any atom is 0.223 e. The number of hydrogen-bond donors (Lipinski definition) is 2. The quantitative estimate of drug-likeness (QED) is 0.875. The summed E-state index contributed by atoms with van der Waals surface area (Å²) in [5.41, 5.74) is 1.15. The van der Waals surface area contributed by atoms with Crippen molar-refractivity contribution in [2.75, 3.05) is 6.61 Å². The highest BCUT2D eigenvalue weighted by Crippen LogP contribution is 2.22. The zero-order valence-electron chi connectivity index (χ0n) is 12.8. The molecule has 116 valence electrons. The van der Waals surface area contributed by atoms with Crippen LogP contribution in [-0.4, -0.2) is 23.7 Å². The van der Waals surface area contributed by atoms with Crippen LogP contribution in [0.15, 0.2) is 30.3 Å². The molecule has 1 aliphatic rings. The van der Waals surface area contributed by atoms with Crippen LogP contribution in [0.2, 0.25) is 0 Å². The molecule has 1 aliphatic carbocycles. The van der Waals surface area contributed by atoms with Crippen LogP contribution in [0.1, 0.15) is 50.5 Å². The lowest BCUT2D eigenvalue weighted by atomic mass is 9.90. The predicted molar refractivity (Wildman–Crippen MR) is 85.0 cm³/mol. The Kier molecular flexibility index (Phi) is 6.74. The number of carbonyl (C=O) groups excluding carboxylic acids is 1. The fourth-order valence-corrected chi connectivity index (χ4v) is 3.10. The zero-order chi connectivity index (χ0) is 14.9. The van der Waals surface area contributed by atoms with E-state index in [4.69, 9.17) is 0 Å².